The first-order valence-electron chi connectivity index (χ1n) is 5.68. The van der Waals surface area contributed by atoms with Gasteiger partial charge in [-0.05, 0) is 34.1 Å². The summed E-state index contributed by atoms with van der Waals surface area (Å²) in [7, 11) is 0. The van der Waals surface area contributed by atoms with Crippen LogP contribution in [0.1, 0.15) is 39.7 Å². The molecular weight excluding hydrogens is 202 g/mol. The van der Waals surface area contributed by atoms with E-state index in [0.29, 0.717) is 5.88 Å². The maximum Gasteiger partial charge on any atom is 0.222 e. The molecule has 1 rings (SSSR count). The van der Waals surface area contributed by atoms with Crippen LogP contribution in [-0.2, 0) is 0 Å². The summed E-state index contributed by atoms with van der Waals surface area (Å²) in [5.41, 5.74) is 0.729. The molecule has 1 aromatic rings. The fourth-order valence-electron chi connectivity index (χ4n) is 1.25. The highest BCUT2D eigenvalue weighted by Gasteiger charge is 2.16. The molecule has 0 saturated heterocycles. The van der Waals surface area contributed by atoms with Crippen LogP contribution in [0.15, 0.2) is 6.33 Å². The van der Waals surface area contributed by atoms with Crippen LogP contribution in [-0.4, -0.2) is 22.1 Å². The van der Waals surface area contributed by atoms with Gasteiger partial charge >= 0.3 is 0 Å². The van der Waals surface area contributed by atoms with Gasteiger partial charge in [0.05, 0.1) is 5.56 Å². The third kappa shape index (κ3) is 3.68. The maximum atomic E-state index is 5.76. The van der Waals surface area contributed by atoms with E-state index in [1.54, 1.807) is 0 Å². The largest absolute Gasteiger partial charge is 0.472 e. The highest BCUT2D eigenvalue weighted by Crippen LogP contribution is 2.23. The van der Waals surface area contributed by atoms with E-state index in [2.05, 4.69) is 22.2 Å². The quantitative estimate of drug-likeness (QED) is 0.852. The van der Waals surface area contributed by atoms with Gasteiger partial charge in [-0.25, -0.2) is 9.97 Å². The van der Waals surface area contributed by atoms with E-state index in [0.717, 1.165) is 24.3 Å². The summed E-state index contributed by atoms with van der Waals surface area (Å²) in [5, 5.41) is 3.26. The summed E-state index contributed by atoms with van der Waals surface area (Å²) in [5.74, 6) is 1.51. The highest BCUT2D eigenvalue weighted by molar-refractivity contribution is 5.47. The van der Waals surface area contributed by atoms with E-state index in [9.17, 15) is 0 Å². The summed E-state index contributed by atoms with van der Waals surface area (Å²) in [4.78, 5) is 8.36. The van der Waals surface area contributed by atoms with Crippen LogP contribution in [0.4, 0.5) is 5.82 Å². The molecule has 0 spiro atoms. The highest BCUT2D eigenvalue weighted by atomic mass is 16.5. The van der Waals surface area contributed by atoms with Gasteiger partial charge in [-0.15, -0.1) is 0 Å². The minimum absolute atomic E-state index is 0.235. The molecule has 0 saturated carbocycles. The van der Waals surface area contributed by atoms with Crippen molar-refractivity contribution in [3.63, 3.8) is 0 Å². The molecule has 16 heavy (non-hydrogen) atoms. The van der Waals surface area contributed by atoms with E-state index in [1.807, 2.05) is 27.7 Å². The van der Waals surface area contributed by atoms with Gasteiger partial charge in [-0.2, -0.15) is 0 Å². The summed E-state index contributed by atoms with van der Waals surface area (Å²) in [6.07, 6.45) is 2.60. The first kappa shape index (κ1) is 12.7. The van der Waals surface area contributed by atoms with Crippen molar-refractivity contribution in [2.45, 2.75) is 46.6 Å². The molecule has 0 atom stereocenters. The Morgan fingerprint density at radius 2 is 2.00 bits per heavy atom. The second-order valence-electron chi connectivity index (χ2n) is 4.79. The van der Waals surface area contributed by atoms with E-state index < -0.39 is 0 Å². The fourth-order valence-corrected chi connectivity index (χ4v) is 1.25. The number of hydrogen-bond acceptors (Lipinski definition) is 4. The number of anilines is 1. The number of nitrogens with one attached hydrogen (secondary N) is 1. The van der Waals surface area contributed by atoms with Crippen LogP contribution in [0.25, 0.3) is 0 Å². The lowest BCUT2D eigenvalue weighted by Crippen LogP contribution is -2.24. The predicted molar refractivity (Wildman–Crippen MR) is 65.9 cm³/mol. The molecule has 0 bridgehead atoms. The van der Waals surface area contributed by atoms with Crippen LogP contribution >= 0.6 is 0 Å². The van der Waals surface area contributed by atoms with Crippen molar-refractivity contribution in [2.24, 2.45) is 0 Å². The number of nitrogens with zero attached hydrogens (tertiary/aromatic N) is 2. The third-order valence-corrected chi connectivity index (χ3v) is 1.98. The summed E-state index contributed by atoms with van der Waals surface area (Å²) >= 11 is 0. The molecule has 1 aromatic heterocycles. The predicted octanol–water partition coefficient (Wildman–Crippen LogP) is 2.78. The van der Waals surface area contributed by atoms with Gasteiger partial charge in [-0.3, -0.25) is 0 Å². The molecular formula is C12H21N3O. The topological polar surface area (TPSA) is 47.0 Å². The Morgan fingerprint density at radius 1 is 1.31 bits per heavy atom. The molecule has 0 aliphatic rings. The maximum absolute atomic E-state index is 5.76. The van der Waals surface area contributed by atoms with Gasteiger partial charge in [-0.1, -0.05) is 6.92 Å². The number of rotatable bonds is 4. The summed E-state index contributed by atoms with van der Waals surface area (Å²) < 4.78 is 5.76. The fraction of sp³-hybridized carbons (Fsp3) is 0.667. The normalized spacial score (nSPS) is 11.3. The lowest BCUT2D eigenvalue weighted by atomic mass is 10.2. The van der Waals surface area contributed by atoms with Gasteiger partial charge in [0.1, 0.15) is 17.7 Å². The van der Waals surface area contributed by atoms with Crippen LogP contribution in [0, 0.1) is 6.92 Å². The monoisotopic (exact) mass is 223 g/mol. The van der Waals surface area contributed by atoms with Crippen LogP contribution in [0.3, 0.4) is 0 Å². The molecule has 0 unspecified atom stereocenters. The third-order valence-electron chi connectivity index (χ3n) is 1.98. The number of ether oxygens (including phenoxy) is 1. The van der Waals surface area contributed by atoms with Crippen LogP contribution in [0.5, 0.6) is 5.88 Å². The standard InChI is InChI=1S/C12H21N3O/c1-6-7-13-10-9(2)11(15-8-14-10)16-12(3,4)5/h8H,6-7H2,1-5H3,(H,13,14,15). The van der Waals surface area contributed by atoms with Crippen LogP contribution < -0.4 is 10.1 Å². The second-order valence-corrected chi connectivity index (χ2v) is 4.79. The minimum atomic E-state index is -0.235. The first-order chi connectivity index (χ1) is 7.44. The average molecular weight is 223 g/mol. The van der Waals surface area contributed by atoms with Crippen molar-refractivity contribution in [1.29, 1.82) is 0 Å². The molecule has 1 heterocycles. The smallest absolute Gasteiger partial charge is 0.222 e. The van der Waals surface area contributed by atoms with Gasteiger partial charge in [0.2, 0.25) is 5.88 Å². The zero-order valence-corrected chi connectivity index (χ0v) is 10.8. The van der Waals surface area contributed by atoms with E-state index in [4.69, 9.17) is 4.74 Å². The van der Waals surface area contributed by atoms with Gasteiger partial charge in [0, 0.05) is 6.54 Å². The molecule has 0 aliphatic carbocycles. The Balaban J connectivity index is 2.86. The van der Waals surface area contributed by atoms with E-state index in [1.165, 1.54) is 6.33 Å². The first-order valence-corrected chi connectivity index (χ1v) is 5.68. The zero-order chi connectivity index (χ0) is 12.2. The molecule has 0 aliphatic heterocycles. The van der Waals surface area contributed by atoms with Crippen molar-refractivity contribution in [3.8, 4) is 5.88 Å². The Labute approximate surface area is 97.5 Å². The van der Waals surface area contributed by atoms with Crippen molar-refractivity contribution in [1.82, 2.24) is 9.97 Å². The zero-order valence-electron chi connectivity index (χ0n) is 10.8. The molecule has 0 radical (unpaired) electrons. The van der Waals surface area contributed by atoms with Gasteiger partial charge < -0.3 is 10.1 Å². The number of hydrogen-bond donors (Lipinski definition) is 1. The minimum Gasteiger partial charge on any atom is -0.472 e. The molecule has 4 heteroatoms. The molecule has 90 valence electrons. The molecule has 0 fully saturated rings. The summed E-state index contributed by atoms with van der Waals surface area (Å²) in [6, 6.07) is 0. The molecule has 4 nitrogen and oxygen atoms in total. The SMILES string of the molecule is CCCNc1ncnc(OC(C)(C)C)c1C. The Bertz CT molecular complexity index is 345. The van der Waals surface area contributed by atoms with E-state index >= 15 is 0 Å². The van der Waals surface area contributed by atoms with Gasteiger partial charge in [0.25, 0.3) is 0 Å². The lowest BCUT2D eigenvalue weighted by Gasteiger charge is -2.22. The van der Waals surface area contributed by atoms with Crippen molar-refractivity contribution < 1.29 is 4.74 Å². The summed E-state index contributed by atoms with van der Waals surface area (Å²) in [6.45, 7) is 11.0. The number of aromatic nitrogens is 2. The lowest BCUT2D eigenvalue weighted by molar-refractivity contribution is 0.123. The Kier molecular flexibility index (Phi) is 4.10. The Morgan fingerprint density at radius 3 is 2.56 bits per heavy atom. The molecule has 1 N–H and O–H groups in total. The van der Waals surface area contributed by atoms with Crippen molar-refractivity contribution >= 4 is 5.82 Å². The van der Waals surface area contributed by atoms with Crippen molar-refractivity contribution in [2.75, 3.05) is 11.9 Å². The van der Waals surface area contributed by atoms with Crippen LogP contribution in [0.2, 0.25) is 0 Å². The second kappa shape index (κ2) is 5.14. The molecule has 0 aromatic carbocycles. The Hall–Kier alpha value is -1.32. The molecule has 0 amide bonds. The average Bonchev–Trinajstić information content (AvgIpc) is 2.17. The van der Waals surface area contributed by atoms with Crippen molar-refractivity contribution in [3.05, 3.63) is 11.9 Å². The van der Waals surface area contributed by atoms with E-state index in [-0.39, 0.29) is 5.60 Å². The van der Waals surface area contributed by atoms with Gasteiger partial charge in [0.15, 0.2) is 0 Å².